The number of nitrogens with zero attached hydrogens (tertiary/aromatic N) is 2. The van der Waals surface area contributed by atoms with Crippen molar-refractivity contribution in [2.24, 2.45) is 0 Å². The van der Waals surface area contributed by atoms with Crippen molar-refractivity contribution in [2.75, 3.05) is 26.7 Å². The number of ether oxygens (including phenoxy) is 1. The summed E-state index contributed by atoms with van der Waals surface area (Å²) >= 11 is 0. The van der Waals surface area contributed by atoms with E-state index < -0.39 is 12.1 Å². The molecule has 2 rings (SSSR count). The number of benzene rings is 1. The highest BCUT2D eigenvalue weighted by Gasteiger charge is 2.33. The summed E-state index contributed by atoms with van der Waals surface area (Å²) in [5, 5.41) is 9.12. The molecule has 7 nitrogen and oxygen atoms in total. The zero-order chi connectivity index (χ0) is 17.9. The van der Waals surface area contributed by atoms with Crippen LogP contribution in [-0.2, 0) is 9.53 Å². The Morgan fingerprint density at radius 2 is 1.96 bits per heavy atom. The standard InChI is InChI=1S/C17H22N2O5/c1-4-18(3)15(20)12-6-5-7-13(8-12)16(21)19-9-11(2)24-14(10-19)17(22)23/h5-8,11,14H,4,9-10H2,1-3H3,(H,22,23)/t11-,14?/m1/s1. The van der Waals surface area contributed by atoms with Gasteiger partial charge in [-0.2, -0.15) is 0 Å². The highest BCUT2D eigenvalue weighted by molar-refractivity contribution is 5.99. The van der Waals surface area contributed by atoms with E-state index in [-0.39, 0.29) is 24.5 Å². The van der Waals surface area contributed by atoms with Gasteiger partial charge in [0.15, 0.2) is 6.10 Å². The van der Waals surface area contributed by atoms with Gasteiger partial charge in [-0.05, 0) is 32.0 Å². The van der Waals surface area contributed by atoms with Crippen molar-refractivity contribution in [3.05, 3.63) is 35.4 Å². The Labute approximate surface area is 140 Å². The monoisotopic (exact) mass is 334 g/mol. The molecule has 24 heavy (non-hydrogen) atoms. The number of hydrogen-bond donors (Lipinski definition) is 1. The predicted molar refractivity (Wildman–Crippen MR) is 87.0 cm³/mol. The highest BCUT2D eigenvalue weighted by Crippen LogP contribution is 2.16. The quantitative estimate of drug-likeness (QED) is 0.891. The Balaban J connectivity index is 2.20. The summed E-state index contributed by atoms with van der Waals surface area (Å²) in [4.78, 5) is 39.1. The van der Waals surface area contributed by atoms with E-state index in [0.717, 1.165) is 0 Å². The summed E-state index contributed by atoms with van der Waals surface area (Å²) in [5.41, 5.74) is 0.796. The molecular weight excluding hydrogens is 312 g/mol. The highest BCUT2D eigenvalue weighted by atomic mass is 16.5. The van der Waals surface area contributed by atoms with E-state index in [0.29, 0.717) is 24.2 Å². The van der Waals surface area contributed by atoms with Crippen molar-refractivity contribution in [2.45, 2.75) is 26.1 Å². The maximum Gasteiger partial charge on any atom is 0.334 e. The fraction of sp³-hybridized carbons (Fsp3) is 0.471. The number of morpholine rings is 1. The van der Waals surface area contributed by atoms with Crippen molar-refractivity contribution < 1.29 is 24.2 Å². The third kappa shape index (κ3) is 3.91. The van der Waals surface area contributed by atoms with Crippen LogP contribution in [0, 0.1) is 0 Å². The van der Waals surface area contributed by atoms with Crippen LogP contribution in [0.15, 0.2) is 24.3 Å². The van der Waals surface area contributed by atoms with Gasteiger partial charge in [0.05, 0.1) is 12.6 Å². The first-order chi connectivity index (χ1) is 11.3. The van der Waals surface area contributed by atoms with Crippen LogP contribution < -0.4 is 0 Å². The second-order valence-electron chi connectivity index (χ2n) is 5.88. The molecule has 1 aliphatic rings. The Hall–Kier alpha value is -2.41. The van der Waals surface area contributed by atoms with E-state index in [1.807, 2.05) is 6.92 Å². The molecular formula is C17H22N2O5. The van der Waals surface area contributed by atoms with Crippen LogP contribution >= 0.6 is 0 Å². The number of carbonyl (C=O) groups is 3. The number of carbonyl (C=O) groups excluding carboxylic acids is 2. The van der Waals surface area contributed by atoms with Gasteiger partial charge >= 0.3 is 5.97 Å². The number of carboxylic acid groups (broad SMARTS) is 1. The number of aliphatic carboxylic acids is 1. The molecule has 0 bridgehead atoms. The normalized spacial score (nSPS) is 20.5. The first-order valence-electron chi connectivity index (χ1n) is 7.86. The lowest BCUT2D eigenvalue weighted by molar-refractivity contribution is -0.160. The maximum atomic E-state index is 12.7. The van der Waals surface area contributed by atoms with Crippen molar-refractivity contribution in [1.82, 2.24) is 9.80 Å². The molecule has 0 saturated carbocycles. The van der Waals surface area contributed by atoms with E-state index in [1.165, 1.54) is 4.90 Å². The van der Waals surface area contributed by atoms with Gasteiger partial charge in [-0.3, -0.25) is 9.59 Å². The SMILES string of the molecule is CCN(C)C(=O)c1cccc(C(=O)N2CC(C(=O)O)O[C@H](C)C2)c1. The summed E-state index contributed by atoms with van der Waals surface area (Å²) in [7, 11) is 1.69. The van der Waals surface area contributed by atoms with Gasteiger partial charge < -0.3 is 19.6 Å². The molecule has 1 aromatic carbocycles. The van der Waals surface area contributed by atoms with Crippen LogP contribution in [-0.4, -0.2) is 71.6 Å². The summed E-state index contributed by atoms with van der Waals surface area (Å²) in [6.07, 6.45) is -1.39. The molecule has 1 aliphatic heterocycles. The Bertz CT molecular complexity index is 646. The molecule has 130 valence electrons. The molecule has 0 aliphatic carbocycles. The fourth-order valence-electron chi connectivity index (χ4n) is 2.59. The van der Waals surface area contributed by atoms with Gasteiger partial charge in [0, 0.05) is 31.3 Å². The largest absolute Gasteiger partial charge is 0.479 e. The molecule has 1 N–H and O–H groups in total. The molecule has 0 radical (unpaired) electrons. The first-order valence-corrected chi connectivity index (χ1v) is 7.86. The molecule has 1 aromatic rings. The third-order valence-electron chi connectivity index (χ3n) is 4.00. The second-order valence-corrected chi connectivity index (χ2v) is 5.88. The van der Waals surface area contributed by atoms with Crippen LogP contribution in [0.4, 0.5) is 0 Å². The first kappa shape index (κ1) is 17.9. The van der Waals surface area contributed by atoms with Crippen LogP contribution in [0.25, 0.3) is 0 Å². The molecule has 1 unspecified atom stereocenters. The van der Waals surface area contributed by atoms with E-state index in [1.54, 1.807) is 43.1 Å². The topological polar surface area (TPSA) is 87.2 Å². The summed E-state index contributed by atoms with van der Waals surface area (Å²) in [6, 6.07) is 6.49. The number of hydrogen-bond acceptors (Lipinski definition) is 4. The van der Waals surface area contributed by atoms with Gasteiger partial charge in [0.2, 0.25) is 0 Å². The van der Waals surface area contributed by atoms with Gasteiger partial charge in [-0.25, -0.2) is 4.79 Å². The average Bonchev–Trinajstić information content (AvgIpc) is 2.59. The van der Waals surface area contributed by atoms with Crippen LogP contribution in [0.3, 0.4) is 0 Å². The minimum atomic E-state index is -1.09. The fourth-order valence-corrected chi connectivity index (χ4v) is 2.59. The number of carboxylic acids is 1. The molecule has 1 heterocycles. The Kier molecular flexibility index (Phi) is 5.56. The molecule has 0 spiro atoms. The summed E-state index contributed by atoms with van der Waals surface area (Å²) < 4.78 is 5.32. The van der Waals surface area contributed by atoms with Gasteiger partial charge in [0.25, 0.3) is 11.8 Å². The van der Waals surface area contributed by atoms with E-state index in [2.05, 4.69) is 0 Å². The second kappa shape index (κ2) is 7.44. The van der Waals surface area contributed by atoms with Crippen molar-refractivity contribution in [3.8, 4) is 0 Å². The van der Waals surface area contributed by atoms with Crippen LogP contribution in [0.5, 0.6) is 0 Å². The molecule has 7 heteroatoms. The number of amides is 2. The van der Waals surface area contributed by atoms with Crippen LogP contribution in [0.1, 0.15) is 34.6 Å². The average molecular weight is 334 g/mol. The summed E-state index contributed by atoms with van der Waals surface area (Å²) in [5.74, 6) is -1.55. The molecule has 0 aromatic heterocycles. The smallest absolute Gasteiger partial charge is 0.334 e. The van der Waals surface area contributed by atoms with Gasteiger partial charge in [-0.1, -0.05) is 6.07 Å². The lowest BCUT2D eigenvalue weighted by atomic mass is 10.1. The molecule has 1 saturated heterocycles. The van der Waals surface area contributed by atoms with Crippen LogP contribution in [0.2, 0.25) is 0 Å². The maximum absolute atomic E-state index is 12.7. The van der Waals surface area contributed by atoms with E-state index in [9.17, 15) is 14.4 Å². The van der Waals surface area contributed by atoms with Crippen molar-refractivity contribution in [1.29, 1.82) is 0 Å². The Morgan fingerprint density at radius 1 is 1.29 bits per heavy atom. The minimum absolute atomic E-state index is 0.00839. The van der Waals surface area contributed by atoms with Crippen molar-refractivity contribution in [3.63, 3.8) is 0 Å². The molecule has 2 atom stereocenters. The molecule has 1 fully saturated rings. The molecule has 2 amide bonds. The van der Waals surface area contributed by atoms with Gasteiger partial charge in [-0.15, -0.1) is 0 Å². The summed E-state index contributed by atoms with van der Waals surface area (Å²) in [6.45, 7) is 4.47. The zero-order valence-corrected chi connectivity index (χ0v) is 14.1. The number of rotatable bonds is 4. The Morgan fingerprint density at radius 3 is 2.58 bits per heavy atom. The zero-order valence-electron chi connectivity index (χ0n) is 14.1. The van der Waals surface area contributed by atoms with Gasteiger partial charge in [0.1, 0.15) is 0 Å². The third-order valence-corrected chi connectivity index (χ3v) is 4.00. The predicted octanol–water partition coefficient (Wildman–Crippen LogP) is 1.09. The minimum Gasteiger partial charge on any atom is -0.479 e. The van der Waals surface area contributed by atoms with E-state index >= 15 is 0 Å². The lowest BCUT2D eigenvalue weighted by Crippen LogP contribution is -2.51. The van der Waals surface area contributed by atoms with Crippen molar-refractivity contribution >= 4 is 17.8 Å². The van der Waals surface area contributed by atoms with E-state index in [4.69, 9.17) is 9.84 Å². The lowest BCUT2D eigenvalue weighted by Gasteiger charge is -2.35.